The molecule has 3 amide bonds. The lowest BCUT2D eigenvalue weighted by Crippen LogP contribution is -2.30. The zero-order valence-corrected chi connectivity index (χ0v) is 21.5. The molecule has 0 radical (unpaired) electrons. The van der Waals surface area contributed by atoms with Crippen molar-refractivity contribution in [1.82, 2.24) is 10.3 Å². The van der Waals surface area contributed by atoms with Gasteiger partial charge in [0.2, 0.25) is 5.91 Å². The number of nitrogens with one attached hydrogen (secondary N) is 3. The third-order valence-electron chi connectivity index (χ3n) is 5.47. The fourth-order valence-corrected chi connectivity index (χ4v) is 4.58. The van der Waals surface area contributed by atoms with Crippen molar-refractivity contribution in [2.45, 2.75) is 52.5 Å². The SMILES string of the molecule is Cc1ccccc1NC(=O)Nc1ccc(CC(=O)N[C@@H](CC(C)C)c2nc(CCC(=O)O)cs2)cc1. The molecule has 0 aliphatic heterocycles. The normalized spacial score (nSPS) is 11.7. The van der Waals surface area contributed by atoms with Crippen molar-refractivity contribution in [2.75, 3.05) is 10.6 Å². The van der Waals surface area contributed by atoms with Crippen molar-refractivity contribution in [3.63, 3.8) is 0 Å². The first-order valence-electron chi connectivity index (χ1n) is 11.9. The summed E-state index contributed by atoms with van der Waals surface area (Å²) in [6, 6.07) is 14.1. The number of nitrogens with zero attached hydrogens (tertiary/aromatic N) is 1. The van der Waals surface area contributed by atoms with Crippen LogP contribution in [0.5, 0.6) is 0 Å². The van der Waals surface area contributed by atoms with Gasteiger partial charge in [-0.1, -0.05) is 44.2 Å². The molecule has 3 aromatic rings. The molecule has 36 heavy (non-hydrogen) atoms. The van der Waals surface area contributed by atoms with E-state index in [4.69, 9.17) is 5.11 Å². The summed E-state index contributed by atoms with van der Waals surface area (Å²) in [5, 5.41) is 20.2. The maximum Gasteiger partial charge on any atom is 0.323 e. The minimum atomic E-state index is -0.857. The lowest BCUT2D eigenvalue weighted by Gasteiger charge is -2.19. The van der Waals surface area contributed by atoms with Gasteiger partial charge in [-0.2, -0.15) is 0 Å². The summed E-state index contributed by atoms with van der Waals surface area (Å²) in [6.07, 6.45) is 1.33. The zero-order valence-electron chi connectivity index (χ0n) is 20.7. The summed E-state index contributed by atoms with van der Waals surface area (Å²) < 4.78 is 0. The highest BCUT2D eigenvalue weighted by Crippen LogP contribution is 2.25. The van der Waals surface area contributed by atoms with Crippen LogP contribution in [0.1, 0.15) is 54.6 Å². The molecule has 0 saturated heterocycles. The number of aliphatic carboxylic acids is 1. The van der Waals surface area contributed by atoms with Gasteiger partial charge >= 0.3 is 12.0 Å². The summed E-state index contributed by atoms with van der Waals surface area (Å²) in [4.78, 5) is 40.5. The molecule has 0 fully saturated rings. The number of hydrogen-bond acceptors (Lipinski definition) is 5. The summed E-state index contributed by atoms with van der Waals surface area (Å²) in [6.45, 7) is 6.09. The number of anilines is 2. The van der Waals surface area contributed by atoms with Crippen LogP contribution in [-0.2, 0) is 22.4 Å². The fourth-order valence-electron chi connectivity index (χ4n) is 3.66. The molecule has 8 nitrogen and oxygen atoms in total. The van der Waals surface area contributed by atoms with Crippen molar-refractivity contribution in [3.05, 3.63) is 75.7 Å². The molecule has 1 atom stereocenters. The van der Waals surface area contributed by atoms with E-state index in [0.717, 1.165) is 33.9 Å². The Kier molecular flexibility index (Phi) is 9.58. The molecule has 1 heterocycles. The van der Waals surface area contributed by atoms with Gasteiger partial charge in [-0.25, -0.2) is 9.78 Å². The Hall–Kier alpha value is -3.72. The smallest absolute Gasteiger partial charge is 0.323 e. The number of carbonyl (C=O) groups excluding carboxylic acids is 2. The summed E-state index contributed by atoms with van der Waals surface area (Å²) >= 11 is 1.44. The Morgan fingerprint density at radius 3 is 2.42 bits per heavy atom. The number of carbonyl (C=O) groups is 3. The molecule has 0 aliphatic rings. The third kappa shape index (κ3) is 8.49. The van der Waals surface area contributed by atoms with Crippen LogP contribution >= 0.6 is 11.3 Å². The van der Waals surface area contributed by atoms with Crippen LogP contribution in [-0.4, -0.2) is 28.0 Å². The van der Waals surface area contributed by atoms with Crippen LogP contribution in [0.4, 0.5) is 16.2 Å². The lowest BCUT2D eigenvalue weighted by atomic mass is 10.0. The van der Waals surface area contributed by atoms with E-state index in [1.807, 2.05) is 48.7 Å². The first kappa shape index (κ1) is 26.9. The number of hydrogen-bond donors (Lipinski definition) is 4. The summed E-state index contributed by atoms with van der Waals surface area (Å²) in [5.74, 6) is -0.636. The molecule has 0 bridgehead atoms. The van der Waals surface area contributed by atoms with Gasteiger partial charge < -0.3 is 21.1 Å². The molecule has 1 aromatic heterocycles. The fraction of sp³-hybridized carbons (Fsp3) is 0.333. The van der Waals surface area contributed by atoms with E-state index in [-0.39, 0.29) is 30.8 Å². The lowest BCUT2D eigenvalue weighted by molar-refractivity contribution is -0.137. The average Bonchev–Trinajstić information content (AvgIpc) is 3.29. The van der Waals surface area contributed by atoms with E-state index < -0.39 is 5.97 Å². The molecule has 4 N–H and O–H groups in total. The first-order valence-corrected chi connectivity index (χ1v) is 12.8. The zero-order chi connectivity index (χ0) is 26.1. The van der Waals surface area contributed by atoms with Gasteiger partial charge in [0.1, 0.15) is 5.01 Å². The molecule has 0 unspecified atom stereocenters. The van der Waals surface area contributed by atoms with Crippen LogP contribution in [0.25, 0.3) is 0 Å². The molecule has 3 rings (SSSR count). The maximum absolute atomic E-state index is 12.8. The molecule has 0 saturated carbocycles. The minimum absolute atomic E-state index is 0.0305. The number of amides is 3. The predicted octanol–water partition coefficient (Wildman–Crippen LogP) is 5.56. The summed E-state index contributed by atoms with van der Waals surface area (Å²) in [7, 11) is 0. The second kappa shape index (κ2) is 12.8. The minimum Gasteiger partial charge on any atom is -0.481 e. The Morgan fingerprint density at radius 2 is 1.75 bits per heavy atom. The van der Waals surface area contributed by atoms with Crippen LogP contribution in [0, 0.1) is 12.8 Å². The van der Waals surface area contributed by atoms with Gasteiger partial charge in [-0.3, -0.25) is 9.59 Å². The number of benzene rings is 2. The van der Waals surface area contributed by atoms with E-state index in [9.17, 15) is 14.4 Å². The van der Waals surface area contributed by atoms with E-state index >= 15 is 0 Å². The van der Waals surface area contributed by atoms with Crippen molar-refractivity contribution < 1.29 is 19.5 Å². The highest BCUT2D eigenvalue weighted by molar-refractivity contribution is 7.09. The predicted molar refractivity (Wildman–Crippen MR) is 142 cm³/mol. The quantitative estimate of drug-likeness (QED) is 0.270. The Labute approximate surface area is 215 Å². The maximum atomic E-state index is 12.8. The third-order valence-corrected chi connectivity index (χ3v) is 6.48. The Bertz CT molecular complexity index is 1190. The van der Waals surface area contributed by atoms with Gasteiger partial charge in [0, 0.05) is 23.2 Å². The molecular formula is C27H32N4O4S. The first-order chi connectivity index (χ1) is 17.2. The van der Waals surface area contributed by atoms with Gasteiger partial charge in [-0.15, -0.1) is 11.3 Å². The second-order valence-corrected chi connectivity index (χ2v) is 9.98. The Morgan fingerprint density at radius 1 is 1.03 bits per heavy atom. The number of urea groups is 1. The van der Waals surface area contributed by atoms with Crippen molar-refractivity contribution >= 4 is 40.6 Å². The average molecular weight is 509 g/mol. The molecule has 0 aliphatic carbocycles. The molecule has 190 valence electrons. The highest BCUT2D eigenvalue weighted by Gasteiger charge is 2.20. The van der Waals surface area contributed by atoms with E-state index in [0.29, 0.717) is 18.0 Å². The van der Waals surface area contributed by atoms with Crippen molar-refractivity contribution in [3.8, 4) is 0 Å². The van der Waals surface area contributed by atoms with Gasteiger partial charge in [0.05, 0.1) is 24.6 Å². The van der Waals surface area contributed by atoms with Crippen LogP contribution in [0.15, 0.2) is 53.9 Å². The molecular weight excluding hydrogens is 476 g/mol. The van der Waals surface area contributed by atoms with Crippen LogP contribution < -0.4 is 16.0 Å². The molecule has 0 spiro atoms. The largest absolute Gasteiger partial charge is 0.481 e. The van der Waals surface area contributed by atoms with E-state index in [2.05, 4.69) is 34.8 Å². The number of aryl methyl sites for hydroxylation is 2. The molecule has 2 aromatic carbocycles. The number of rotatable bonds is 11. The Balaban J connectivity index is 1.56. The number of carboxylic acids is 1. The van der Waals surface area contributed by atoms with Crippen molar-refractivity contribution in [1.29, 1.82) is 0 Å². The van der Waals surface area contributed by atoms with Gasteiger partial charge in [0.25, 0.3) is 0 Å². The van der Waals surface area contributed by atoms with E-state index in [1.54, 1.807) is 12.1 Å². The number of thiazole rings is 1. The van der Waals surface area contributed by atoms with Crippen LogP contribution in [0.2, 0.25) is 0 Å². The monoisotopic (exact) mass is 508 g/mol. The summed E-state index contributed by atoms with van der Waals surface area (Å²) in [5.41, 5.74) is 3.89. The van der Waals surface area contributed by atoms with E-state index in [1.165, 1.54) is 11.3 Å². The van der Waals surface area contributed by atoms with Crippen molar-refractivity contribution in [2.24, 2.45) is 5.92 Å². The second-order valence-electron chi connectivity index (χ2n) is 9.09. The van der Waals surface area contributed by atoms with Gasteiger partial charge in [-0.05, 0) is 48.6 Å². The number of carboxylic acid groups (broad SMARTS) is 1. The standard InChI is InChI=1S/C27H32N4O4S/c1-17(2)14-23(26-28-21(16-36-26)12-13-25(33)34)30-24(32)15-19-8-10-20(11-9-19)29-27(35)31-22-7-5-4-6-18(22)3/h4-11,16-17,23H,12-15H2,1-3H3,(H,30,32)(H,33,34)(H2,29,31,35)/t23-/m0/s1. The highest BCUT2D eigenvalue weighted by atomic mass is 32.1. The topological polar surface area (TPSA) is 120 Å². The molecule has 9 heteroatoms. The number of aromatic nitrogens is 1. The number of para-hydroxylation sites is 1. The van der Waals surface area contributed by atoms with Gasteiger partial charge in [0.15, 0.2) is 0 Å². The van der Waals surface area contributed by atoms with Crippen LogP contribution in [0.3, 0.4) is 0 Å².